The van der Waals surface area contributed by atoms with E-state index >= 15 is 0 Å². The van der Waals surface area contributed by atoms with Crippen LogP contribution in [0.15, 0.2) is 5.38 Å². The van der Waals surface area contributed by atoms with Gasteiger partial charge in [-0.05, 0) is 33.6 Å². The van der Waals surface area contributed by atoms with E-state index in [1.54, 1.807) is 12.3 Å². The van der Waals surface area contributed by atoms with Gasteiger partial charge in [0.2, 0.25) is 5.01 Å². The summed E-state index contributed by atoms with van der Waals surface area (Å²) in [5.74, 6) is -0.568. The average Bonchev–Trinajstić information content (AvgIpc) is 2.94. The summed E-state index contributed by atoms with van der Waals surface area (Å²) in [5.41, 5.74) is 0.202. The highest BCUT2D eigenvalue weighted by atomic mass is 32.1. The molecule has 2 heterocycles. The lowest BCUT2D eigenvalue weighted by Crippen LogP contribution is -2.42. The van der Waals surface area contributed by atoms with Gasteiger partial charge >= 0.3 is 5.97 Å². The third kappa shape index (κ3) is 2.78. The fourth-order valence-corrected chi connectivity index (χ4v) is 2.96. The molecule has 1 aliphatic heterocycles. The molecule has 0 spiro atoms. The molecule has 6 heteroatoms. The Kier molecular flexibility index (Phi) is 3.89. The Morgan fingerprint density at radius 3 is 2.84 bits per heavy atom. The van der Waals surface area contributed by atoms with E-state index in [0.717, 1.165) is 30.7 Å². The maximum atomic E-state index is 12.4. The molecule has 1 fully saturated rings. The molecule has 2 rings (SSSR count). The minimum absolute atomic E-state index is 0.103. The fraction of sp³-hybridized carbons (Fsp3) is 0.615. The first kappa shape index (κ1) is 14.0. The number of rotatable bonds is 3. The number of carbonyl (C=O) groups is 2. The van der Waals surface area contributed by atoms with Crippen molar-refractivity contribution in [2.45, 2.75) is 39.2 Å². The molecule has 0 unspecified atom stereocenters. The molecule has 0 N–H and O–H groups in total. The van der Waals surface area contributed by atoms with Gasteiger partial charge in [0.15, 0.2) is 0 Å². The summed E-state index contributed by atoms with van der Waals surface area (Å²) in [6, 6.07) is 0. The highest BCUT2D eigenvalue weighted by Crippen LogP contribution is 2.29. The van der Waals surface area contributed by atoms with E-state index in [1.807, 2.05) is 4.90 Å². The van der Waals surface area contributed by atoms with Crippen LogP contribution in [-0.4, -0.2) is 40.5 Å². The zero-order chi connectivity index (χ0) is 14.0. The van der Waals surface area contributed by atoms with Gasteiger partial charge < -0.3 is 9.64 Å². The van der Waals surface area contributed by atoms with Crippen LogP contribution >= 0.6 is 11.3 Å². The molecule has 1 saturated heterocycles. The molecule has 0 atom stereocenters. The van der Waals surface area contributed by atoms with Crippen molar-refractivity contribution in [3.8, 4) is 0 Å². The molecule has 0 aromatic carbocycles. The van der Waals surface area contributed by atoms with Crippen molar-refractivity contribution < 1.29 is 14.3 Å². The van der Waals surface area contributed by atoms with Crippen LogP contribution in [0, 0.1) is 0 Å². The number of carbonyl (C=O) groups excluding carboxylic acids is 2. The predicted octanol–water partition coefficient (Wildman–Crippen LogP) is 2.33. The molecule has 19 heavy (non-hydrogen) atoms. The van der Waals surface area contributed by atoms with Gasteiger partial charge in [0.05, 0.1) is 6.61 Å². The number of thiazole rings is 1. The van der Waals surface area contributed by atoms with Crippen LogP contribution in [0.4, 0.5) is 0 Å². The number of esters is 1. The van der Waals surface area contributed by atoms with Gasteiger partial charge in [0, 0.05) is 17.5 Å². The van der Waals surface area contributed by atoms with E-state index in [2.05, 4.69) is 18.8 Å². The van der Waals surface area contributed by atoms with Gasteiger partial charge in [-0.15, -0.1) is 11.3 Å². The molecule has 0 radical (unpaired) electrons. The number of ether oxygens (including phenoxy) is 1. The molecule has 1 aliphatic rings. The van der Waals surface area contributed by atoms with Crippen LogP contribution in [0.3, 0.4) is 0 Å². The molecule has 0 saturated carbocycles. The number of hydrogen-bond acceptors (Lipinski definition) is 5. The SMILES string of the molecule is CCOC(=O)c1nc(C(=O)N2CCCC2(C)C)cs1. The van der Waals surface area contributed by atoms with Gasteiger partial charge in [0.1, 0.15) is 5.69 Å². The monoisotopic (exact) mass is 282 g/mol. The van der Waals surface area contributed by atoms with Crippen LogP contribution < -0.4 is 0 Å². The Balaban J connectivity index is 2.14. The Hall–Kier alpha value is -1.43. The van der Waals surface area contributed by atoms with Crippen LogP contribution in [0.25, 0.3) is 0 Å². The van der Waals surface area contributed by atoms with Gasteiger partial charge in [-0.1, -0.05) is 0 Å². The van der Waals surface area contributed by atoms with Gasteiger partial charge in [-0.25, -0.2) is 9.78 Å². The molecular formula is C13H18N2O3S. The highest BCUT2D eigenvalue weighted by Gasteiger charge is 2.36. The Morgan fingerprint density at radius 1 is 1.53 bits per heavy atom. The minimum Gasteiger partial charge on any atom is -0.461 e. The van der Waals surface area contributed by atoms with Crippen molar-refractivity contribution >= 4 is 23.2 Å². The molecule has 1 aromatic heterocycles. The second kappa shape index (κ2) is 5.28. The Morgan fingerprint density at radius 2 is 2.26 bits per heavy atom. The summed E-state index contributed by atoms with van der Waals surface area (Å²) in [6.07, 6.45) is 2.00. The number of amides is 1. The van der Waals surface area contributed by atoms with Gasteiger partial charge in [0.25, 0.3) is 5.91 Å². The zero-order valence-electron chi connectivity index (χ0n) is 11.4. The quantitative estimate of drug-likeness (QED) is 0.798. The minimum atomic E-state index is -0.466. The molecule has 1 amide bonds. The molecule has 5 nitrogen and oxygen atoms in total. The van der Waals surface area contributed by atoms with Crippen LogP contribution in [0.2, 0.25) is 0 Å². The molecule has 0 aliphatic carbocycles. The average molecular weight is 282 g/mol. The van der Waals surface area contributed by atoms with E-state index in [1.165, 1.54) is 0 Å². The lowest BCUT2D eigenvalue weighted by Gasteiger charge is -2.30. The van der Waals surface area contributed by atoms with Crippen LogP contribution in [-0.2, 0) is 4.74 Å². The maximum Gasteiger partial charge on any atom is 0.367 e. The van der Waals surface area contributed by atoms with E-state index in [9.17, 15) is 9.59 Å². The molecular weight excluding hydrogens is 264 g/mol. The van der Waals surface area contributed by atoms with Gasteiger partial charge in [-0.3, -0.25) is 4.79 Å². The predicted molar refractivity (Wildman–Crippen MR) is 72.4 cm³/mol. The first-order valence-electron chi connectivity index (χ1n) is 6.40. The van der Waals surface area contributed by atoms with Crippen molar-refractivity contribution in [2.75, 3.05) is 13.2 Å². The first-order chi connectivity index (χ1) is 8.95. The van der Waals surface area contributed by atoms with Crippen LogP contribution in [0.5, 0.6) is 0 Å². The number of aromatic nitrogens is 1. The standard InChI is InChI=1S/C13H18N2O3S/c1-4-18-12(17)10-14-9(8-19-10)11(16)15-7-5-6-13(15,2)3/h8H,4-7H2,1-3H3. The van der Waals surface area contributed by atoms with E-state index in [0.29, 0.717) is 12.3 Å². The summed E-state index contributed by atoms with van der Waals surface area (Å²) < 4.78 is 4.87. The zero-order valence-corrected chi connectivity index (χ0v) is 12.2. The van der Waals surface area contributed by atoms with Crippen molar-refractivity contribution in [3.05, 3.63) is 16.1 Å². The summed E-state index contributed by atoms with van der Waals surface area (Å²) in [5, 5.41) is 1.87. The number of likely N-dealkylation sites (tertiary alicyclic amines) is 1. The summed E-state index contributed by atoms with van der Waals surface area (Å²) in [6.45, 7) is 6.90. The van der Waals surface area contributed by atoms with E-state index in [-0.39, 0.29) is 16.5 Å². The largest absolute Gasteiger partial charge is 0.461 e. The third-order valence-electron chi connectivity index (χ3n) is 3.32. The lowest BCUT2D eigenvalue weighted by atomic mass is 10.0. The first-order valence-corrected chi connectivity index (χ1v) is 7.28. The highest BCUT2D eigenvalue weighted by molar-refractivity contribution is 7.11. The summed E-state index contributed by atoms with van der Waals surface area (Å²) in [7, 11) is 0. The maximum absolute atomic E-state index is 12.4. The second-order valence-corrected chi connectivity index (χ2v) is 5.99. The number of hydrogen-bond donors (Lipinski definition) is 0. The van der Waals surface area contributed by atoms with E-state index < -0.39 is 5.97 Å². The van der Waals surface area contributed by atoms with Crippen LogP contribution in [0.1, 0.15) is 53.9 Å². The topological polar surface area (TPSA) is 59.5 Å². The third-order valence-corrected chi connectivity index (χ3v) is 4.14. The molecule has 104 valence electrons. The molecule has 1 aromatic rings. The normalized spacial score (nSPS) is 17.5. The summed E-state index contributed by atoms with van der Waals surface area (Å²) >= 11 is 1.15. The van der Waals surface area contributed by atoms with Crippen molar-refractivity contribution in [2.24, 2.45) is 0 Å². The van der Waals surface area contributed by atoms with Gasteiger partial charge in [-0.2, -0.15) is 0 Å². The molecule has 0 bridgehead atoms. The fourth-order valence-electron chi connectivity index (χ4n) is 2.28. The van der Waals surface area contributed by atoms with Crippen molar-refractivity contribution in [1.82, 2.24) is 9.88 Å². The van der Waals surface area contributed by atoms with Crippen molar-refractivity contribution in [1.29, 1.82) is 0 Å². The Bertz CT molecular complexity index is 496. The van der Waals surface area contributed by atoms with Crippen molar-refractivity contribution in [3.63, 3.8) is 0 Å². The smallest absolute Gasteiger partial charge is 0.367 e. The van der Waals surface area contributed by atoms with E-state index in [4.69, 9.17) is 4.74 Å². The summed E-state index contributed by atoms with van der Waals surface area (Å²) in [4.78, 5) is 29.8. The lowest BCUT2D eigenvalue weighted by molar-refractivity contribution is 0.0525. The second-order valence-electron chi connectivity index (χ2n) is 5.13. The Labute approximate surface area is 116 Å². The number of nitrogens with zero attached hydrogens (tertiary/aromatic N) is 2.